The van der Waals surface area contributed by atoms with Gasteiger partial charge in [0.05, 0.1) is 19.8 Å². The van der Waals surface area contributed by atoms with E-state index in [1.165, 1.54) is 135 Å². The van der Waals surface area contributed by atoms with Crippen LogP contribution in [0.15, 0.2) is 85.1 Å². The third kappa shape index (κ3) is 59.3. The lowest BCUT2D eigenvalue weighted by Crippen LogP contribution is -2.30. The molecule has 0 aliphatic carbocycles. The van der Waals surface area contributed by atoms with Crippen molar-refractivity contribution in [2.45, 2.75) is 303 Å². The summed E-state index contributed by atoms with van der Waals surface area (Å²) in [7, 11) is -4.77. The first-order valence-electron chi connectivity index (χ1n) is 32.5. The average molecular weight is 1140 g/mol. The molecule has 0 heterocycles. The molecule has 2 N–H and O–H groups in total. The lowest BCUT2D eigenvalue weighted by atomic mass is 10.0. The Bertz CT molecular complexity index is 1670. The molecule has 0 saturated heterocycles. The topological polar surface area (TPSA) is 155 Å². The van der Waals surface area contributed by atoms with Crippen LogP contribution < -0.4 is 0 Å². The van der Waals surface area contributed by atoms with E-state index in [2.05, 4.69) is 99.8 Å². The van der Waals surface area contributed by atoms with Gasteiger partial charge in [-0.25, -0.2) is 4.57 Å². The Morgan fingerprint density at radius 1 is 0.362 bits per heavy atom. The first kappa shape index (κ1) is 76.7. The van der Waals surface area contributed by atoms with Crippen LogP contribution in [0.2, 0.25) is 0 Å². The van der Waals surface area contributed by atoms with Gasteiger partial charge in [0.15, 0.2) is 6.10 Å². The molecule has 0 aliphatic rings. The zero-order valence-electron chi connectivity index (χ0n) is 51.3. The van der Waals surface area contributed by atoms with Gasteiger partial charge in [-0.2, -0.15) is 0 Å². The number of aliphatic hydroxyl groups excluding tert-OH is 1. The number of ether oxygens (including phenoxy) is 3. The monoisotopic (exact) mass is 1140 g/mol. The number of esters is 3. The summed E-state index contributed by atoms with van der Waals surface area (Å²) in [6.07, 6.45) is 72.6. The molecule has 80 heavy (non-hydrogen) atoms. The smallest absolute Gasteiger partial charge is 0.462 e. The Kier molecular flexibility index (Phi) is 59.1. The zero-order valence-corrected chi connectivity index (χ0v) is 52.2. The molecule has 3 unspecified atom stereocenters. The van der Waals surface area contributed by atoms with Crippen LogP contribution in [0, 0.1) is 0 Å². The van der Waals surface area contributed by atoms with Gasteiger partial charge < -0.3 is 24.2 Å². The zero-order chi connectivity index (χ0) is 58.3. The number of hydrogen-bond donors (Lipinski definition) is 2. The van der Waals surface area contributed by atoms with Crippen molar-refractivity contribution in [3.63, 3.8) is 0 Å². The Morgan fingerprint density at radius 3 is 1.07 bits per heavy atom. The third-order valence-electron chi connectivity index (χ3n) is 13.8. The fourth-order valence-corrected chi connectivity index (χ4v) is 9.68. The van der Waals surface area contributed by atoms with E-state index in [1.54, 1.807) is 0 Å². The molecule has 462 valence electrons. The molecule has 0 saturated carbocycles. The molecule has 0 spiro atoms. The molecular weight excluding hydrogens is 1020 g/mol. The molecule has 12 heteroatoms. The van der Waals surface area contributed by atoms with Gasteiger partial charge in [0.1, 0.15) is 12.7 Å². The van der Waals surface area contributed by atoms with E-state index in [1.807, 2.05) is 6.08 Å². The second-order valence-electron chi connectivity index (χ2n) is 21.6. The van der Waals surface area contributed by atoms with Crippen LogP contribution in [0.1, 0.15) is 290 Å². The van der Waals surface area contributed by atoms with Crippen LogP contribution in [-0.2, 0) is 42.2 Å². The highest BCUT2D eigenvalue weighted by molar-refractivity contribution is 7.47. The Balaban J connectivity index is 4.75. The molecule has 11 nitrogen and oxygen atoms in total. The number of unbranched alkanes of at least 4 members (excludes halogenated alkanes) is 29. The van der Waals surface area contributed by atoms with Crippen molar-refractivity contribution in [1.29, 1.82) is 0 Å². The summed E-state index contributed by atoms with van der Waals surface area (Å²) in [5, 5.41) is 9.85. The van der Waals surface area contributed by atoms with Crippen molar-refractivity contribution < 1.29 is 52.2 Å². The van der Waals surface area contributed by atoms with Gasteiger partial charge in [0.2, 0.25) is 0 Å². The van der Waals surface area contributed by atoms with Gasteiger partial charge in [-0.05, 0) is 89.9 Å². The highest BCUT2D eigenvalue weighted by Crippen LogP contribution is 2.43. The summed E-state index contributed by atoms with van der Waals surface area (Å²) >= 11 is 0. The molecule has 0 aromatic carbocycles. The molecular formula is C68H119O11P. The molecule has 0 rings (SSSR count). The minimum absolute atomic E-state index is 0.0882. The quantitative estimate of drug-likeness (QED) is 0.0197. The lowest BCUT2D eigenvalue weighted by Gasteiger charge is -2.21. The summed E-state index contributed by atoms with van der Waals surface area (Å²) in [6.45, 7) is 4.48. The fraction of sp³-hybridized carbons (Fsp3) is 0.750. The van der Waals surface area contributed by atoms with Crippen LogP contribution in [-0.4, -0.2) is 66.5 Å². The number of phosphoric acid groups is 1. The van der Waals surface area contributed by atoms with Crippen molar-refractivity contribution in [3.8, 4) is 0 Å². The van der Waals surface area contributed by atoms with Gasteiger partial charge in [-0.15, -0.1) is 0 Å². The fourth-order valence-electron chi connectivity index (χ4n) is 8.89. The van der Waals surface area contributed by atoms with Gasteiger partial charge in [-0.3, -0.25) is 23.4 Å². The van der Waals surface area contributed by atoms with Crippen LogP contribution in [0.3, 0.4) is 0 Å². The Labute approximate surface area is 490 Å². The summed E-state index contributed by atoms with van der Waals surface area (Å²) in [5.74, 6) is -1.53. The Morgan fingerprint density at radius 2 is 0.662 bits per heavy atom. The first-order chi connectivity index (χ1) is 39.2. The maximum absolute atomic E-state index is 13.0. The number of rotatable bonds is 60. The van der Waals surface area contributed by atoms with Gasteiger partial charge in [-0.1, -0.05) is 266 Å². The van der Waals surface area contributed by atoms with E-state index in [0.29, 0.717) is 25.7 Å². The van der Waals surface area contributed by atoms with Crippen molar-refractivity contribution in [1.82, 2.24) is 0 Å². The Hall–Kier alpha value is -3.34. The minimum Gasteiger partial charge on any atom is -0.462 e. The number of hydrogen-bond acceptors (Lipinski definition) is 10. The molecule has 0 aromatic heterocycles. The standard InChI is InChI=1S/C68H119O11P/c1-4-7-10-13-16-19-22-25-28-31-32-35-36-39-42-45-48-51-54-57-66(70)75-61-65(79-68(72)59-56-53-50-47-44-41-38-34-30-27-24-21-18-15-12-9-6-3)63-77-80(73,74)76-62-64(60-69)78-67(71)58-55-52-49-46-43-40-37-33-29-26-23-20-17-14-11-8-5-2/h9,12,17-18,20-21,26-27,29-30,38,41,47,50,64-65,69H,4-8,10-11,13-16,19,22-25,28,31-37,39-40,42-46,48-49,51-63H2,1-3H3,(H,73,74)/b12-9-,20-17-,21-18-,29-26-,30-27-,41-38-,50-47-. The third-order valence-corrected chi connectivity index (χ3v) is 14.8. The number of carbonyl (C=O) groups excluding carboxylic acids is 3. The second-order valence-corrected chi connectivity index (χ2v) is 23.0. The largest absolute Gasteiger partial charge is 0.472 e. The predicted octanol–water partition coefficient (Wildman–Crippen LogP) is 19.8. The van der Waals surface area contributed by atoms with Gasteiger partial charge in [0.25, 0.3) is 0 Å². The molecule has 0 fully saturated rings. The SMILES string of the molecule is CC/C=C\C/C=C\C/C=C\C/C=C\C/C=C\CCCC(=O)OC(COC(=O)CCCCCCCCCCCCCCCCCCCCC)COP(=O)(O)OCC(CO)OC(=O)CCCCCCCCC/C=C\C/C=C\CCCCC. The maximum atomic E-state index is 13.0. The summed E-state index contributed by atoms with van der Waals surface area (Å²) < 4.78 is 39.6. The van der Waals surface area contributed by atoms with E-state index in [4.69, 9.17) is 23.3 Å². The highest BCUT2D eigenvalue weighted by atomic mass is 31.2. The minimum atomic E-state index is -4.77. The number of allylic oxidation sites excluding steroid dienone is 14. The molecule has 0 radical (unpaired) electrons. The van der Waals surface area contributed by atoms with Crippen molar-refractivity contribution in [3.05, 3.63) is 85.1 Å². The van der Waals surface area contributed by atoms with Crippen LogP contribution in [0.25, 0.3) is 0 Å². The molecule has 0 bridgehead atoms. The van der Waals surface area contributed by atoms with Crippen molar-refractivity contribution >= 4 is 25.7 Å². The summed E-state index contributed by atoms with van der Waals surface area (Å²) in [4.78, 5) is 48.7. The second kappa shape index (κ2) is 61.7. The van der Waals surface area contributed by atoms with Crippen molar-refractivity contribution in [2.24, 2.45) is 0 Å². The van der Waals surface area contributed by atoms with E-state index in [-0.39, 0.29) is 25.9 Å². The summed E-state index contributed by atoms with van der Waals surface area (Å²) in [5.41, 5.74) is 0. The highest BCUT2D eigenvalue weighted by Gasteiger charge is 2.28. The van der Waals surface area contributed by atoms with E-state index in [0.717, 1.165) is 89.9 Å². The van der Waals surface area contributed by atoms with Crippen molar-refractivity contribution in [2.75, 3.05) is 26.4 Å². The van der Waals surface area contributed by atoms with Crippen LogP contribution in [0.5, 0.6) is 0 Å². The molecule has 3 atom stereocenters. The maximum Gasteiger partial charge on any atom is 0.472 e. The molecule has 0 amide bonds. The van der Waals surface area contributed by atoms with Crippen LogP contribution >= 0.6 is 7.82 Å². The number of carbonyl (C=O) groups is 3. The van der Waals surface area contributed by atoms with E-state index < -0.39 is 57.8 Å². The van der Waals surface area contributed by atoms with E-state index >= 15 is 0 Å². The number of phosphoric ester groups is 1. The first-order valence-corrected chi connectivity index (χ1v) is 34.0. The molecule has 0 aliphatic heterocycles. The summed E-state index contributed by atoms with van der Waals surface area (Å²) in [6, 6.07) is 0. The van der Waals surface area contributed by atoms with E-state index in [9.17, 15) is 28.9 Å². The average Bonchev–Trinajstić information content (AvgIpc) is 3.45. The lowest BCUT2D eigenvalue weighted by molar-refractivity contribution is -0.161. The predicted molar refractivity (Wildman–Crippen MR) is 334 cm³/mol. The number of aliphatic hydroxyl groups is 1. The van der Waals surface area contributed by atoms with Crippen LogP contribution in [0.4, 0.5) is 0 Å². The van der Waals surface area contributed by atoms with Gasteiger partial charge in [0, 0.05) is 19.3 Å². The molecule has 0 aromatic rings. The normalized spacial score (nSPS) is 13.8. The van der Waals surface area contributed by atoms with Gasteiger partial charge >= 0.3 is 25.7 Å².